The normalized spacial score (nSPS) is 15.0. The molecule has 1 aliphatic heterocycles. The molecule has 3 rings (SSSR count). The summed E-state index contributed by atoms with van der Waals surface area (Å²) in [5, 5.41) is 3.54. The predicted octanol–water partition coefficient (Wildman–Crippen LogP) is 3.48. The summed E-state index contributed by atoms with van der Waals surface area (Å²) in [5.41, 5.74) is 2.32. The first-order valence-corrected chi connectivity index (χ1v) is 9.14. The zero-order valence-corrected chi connectivity index (χ0v) is 15.0. The smallest absolute Gasteiger partial charge is 0.245 e. The van der Waals surface area contributed by atoms with Crippen LogP contribution in [0.3, 0.4) is 0 Å². The summed E-state index contributed by atoms with van der Waals surface area (Å²) in [6.45, 7) is 6.75. The van der Waals surface area contributed by atoms with Gasteiger partial charge in [-0.05, 0) is 37.0 Å². The molecule has 0 atom stereocenters. The molecule has 1 aromatic heterocycles. The molecule has 0 aliphatic carbocycles. The summed E-state index contributed by atoms with van der Waals surface area (Å²) in [7, 11) is 0. The van der Waals surface area contributed by atoms with Crippen LogP contribution >= 0.6 is 11.3 Å². The van der Waals surface area contributed by atoms with Crippen molar-refractivity contribution >= 4 is 28.3 Å². The van der Waals surface area contributed by atoms with Crippen LogP contribution in [0.4, 0.5) is 5.13 Å². The van der Waals surface area contributed by atoms with Crippen molar-refractivity contribution in [3.05, 3.63) is 48.7 Å². The van der Waals surface area contributed by atoms with Gasteiger partial charge in [-0.2, -0.15) is 0 Å². The number of nitrogens with one attached hydrogen (secondary N) is 1. The molecule has 0 spiro atoms. The Morgan fingerprint density at radius 2 is 2.04 bits per heavy atom. The number of thiazole rings is 1. The number of amides is 2. The third-order valence-electron chi connectivity index (χ3n) is 4.50. The molecule has 6 heteroatoms. The molecule has 1 saturated heterocycles. The predicted molar refractivity (Wildman–Crippen MR) is 100 cm³/mol. The maximum Gasteiger partial charge on any atom is 0.245 e. The fourth-order valence-electron chi connectivity index (χ4n) is 3.00. The maximum atomic E-state index is 12.5. The van der Waals surface area contributed by atoms with Crippen LogP contribution in [-0.2, 0) is 9.59 Å². The summed E-state index contributed by atoms with van der Waals surface area (Å²) in [4.78, 5) is 31.2. The summed E-state index contributed by atoms with van der Waals surface area (Å²) in [6, 6.07) is 8.12. The van der Waals surface area contributed by atoms with Gasteiger partial charge in [-0.1, -0.05) is 42.2 Å². The highest BCUT2D eigenvalue weighted by molar-refractivity contribution is 7.19. The van der Waals surface area contributed by atoms with Crippen LogP contribution in [0, 0.1) is 12.8 Å². The monoisotopic (exact) mass is 355 g/mol. The van der Waals surface area contributed by atoms with Gasteiger partial charge in [-0.3, -0.25) is 9.59 Å². The highest BCUT2D eigenvalue weighted by atomic mass is 32.1. The van der Waals surface area contributed by atoms with E-state index >= 15 is 0 Å². The number of piperidine rings is 1. The van der Waals surface area contributed by atoms with Crippen LogP contribution < -0.4 is 5.32 Å². The Morgan fingerprint density at radius 3 is 2.72 bits per heavy atom. The molecule has 5 nitrogen and oxygen atoms in total. The summed E-state index contributed by atoms with van der Waals surface area (Å²) in [6.07, 6.45) is 4.46. The van der Waals surface area contributed by atoms with E-state index in [0.29, 0.717) is 31.1 Å². The first-order valence-electron chi connectivity index (χ1n) is 8.32. The Bertz CT molecular complexity index is 791. The van der Waals surface area contributed by atoms with E-state index in [2.05, 4.69) is 35.9 Å². The van der Waals surface area contributed by atoms with Crippen LogP contribution in [0.2, 0.25) is 0 Å². The number of nitrogens with zero attached hydrogens (tertiary/aromatic N) is 2. The fourth-order valence-corrected chi connectivity index (χ4v) is 3.91. The molecule has 2 heterocycles. The van der Waals surface area contributed by atoms with Gasteiger partial charge in [0.2, 0.25) is 11.8 Å². The third-order valence-corrected chi connectivity index (χ3v) is 5.44. The molecule has 1 aromatic carbocycles. The van der Waals surface area contributed by atoms with Gasteiger partial charge in [0, 0.05) is 25.2 Å². The summed E-state index contributed by atoms with van der Waals surface area (Å²) in [5.74, 6) is -0.169. The number of aromatic nitrogens is 1. The number of hydrogen-bond donors (Lipinski definition) is 1. The molecular weight excluding hydrogens is 334 g/mol. The molecule has 2 aromatic rings. The highest BCUT2D eigenvalue weighted by Gasteiger charge is 2.27. The second kappa shape index (κ2) is 7.61. The van der Waals surface area contributed by atoms with Crippen LogP contribution in [0.5, 0.6) is 0 Å². The second-order valence-corrected chi connectivity index (χ2v) is 7.17. The van der Waals surface area contributed by atoms with E-state index in [1.807, 2.05) is 12.1 Å². The van der Waals surface area contributed by atoms with Gasteiger partial charge in [0.05, 0.1) is 4.88 Å². The Hall–Kier alpha value is -2.47. The largest absolute Gasteiger partial charge is 0.339 e. The Morgan fingerprint density at radius 1 is 1.32 bits per heavy atom. The van der Waals surface area contributed by atoms with E-state index < -0.39 is 0 Å². The molecule has 1 fully saturated rings. The van der Waals surface area contributed by atoms with Gasteiger partial charge in [0.25, 0.3) is 0 Å². The Labute approximate surface area is 151 Å². The number of anilines is 1. The van der Waals surface area contributed by atoms with E-state index in [1.54, 1.807) is 11.1 Å². The van der Waals surface area contributed by atoms with E-state index in [1.165, 1.54) is 23.0 Å². The van der Waals surface area contributed by atoms with E-state index in [9.17, 15) is 9.59 Å². The van der Waals surface area contributed by atoms with Gasteiger partial charge in [0.15, 0.2) is 5.13 Å². The minimum absolute atomic E-state index is 0.0172. The minimum Gasteiger partial charge on any atom is -0.339 e. The molecule has 0 bridgehead atoms. The Balaban J connectivity index is 1.60. The molecule has 2 amide bonds. The zero-order valence-electron chi connectivity index (χ0n) is 14.2. The molecule has 1 aliphatic rings. The Kier molecular flexibility index (Phi) is 5.28. The lowest BCUT2D eigenvalue weighted by molar-refractivity contribution is -0.130. The van der Waals surface area contributed by atoms with Crippen LogP contribution in [-0.4, -0.2) is 34.8 Å². The van der Waals surface area contributed by atoms with Crippen LogP contribution in [0.1, 0.15) is 18.4 Å². The summed E-state index contributed by atoms with van der Waals surface area (Å²) >= 11 is 1.48. The SMILES string of the molecule is C=CC(=O)N1CCC(C(=O)Nc2ncc(-c3ccccc3C)s2)CC1. The van der Waals surface area contributed by atoms with Crippen molar-refractivity contribution in [3.63, 3.8) is 0 Å². The topological polar surface area (TPSA) is 62.3 Å². The van der Waals surface area contributed by atoms with Gasteiger partial charge in [-0.25, -0.2) is 4.98 Å². The van der Waals surface area contributed by atoms with Gasteiger partial charge < -0.3 is 10.2 Å². The van der Waals surface area contributed by atoms with Gasteiger partial charge in [-0.15, -0.1) is 0 Å². The molecule has 1 N–H and O–H groups in total. The zero-order chi connectivity index (χ0) is 17.8. The average molecular weight is 355 g/mol. The quantitative estimate of drug-likeness (QED) is 0.854. The molecule has 0 radical (unpaired) electrons. The van der Waals surface area contributed by atoms with Crippen LogP contribution in [0.25, 0.3) is 10.4 Å². The lowest BCUT2D eigenvalue weighted by atomic mass is 9.96. The number of hydrogen-bond acceptors (Lipinski definition) is 4. The lowest BCUT2D eigenvalue weighted by Gasteiger charge is -2.30. The van der Waals surface area contributed by atoms with E-state index in [-0.39, 0.29) is 17.7 Å². The van der Waals surface area contributed by atoms with E-state index in [4.69, 9.17) is 0 Å². The molecule has 130 valence electrons. The summed E-state index contributed by atoms with van der Waals surface area (Å²) < 4.78 is 0. The fraction of sp³-hybridized carbons (Fsp3) is 0.316. The van der Waals surface area contributed by atoms with Gasteiger partial charge >= 0.3 is 0 Å². The number of likely N-dealkylation sites (tertiary alicyclic amines) is 1. The van der Waals surface area contributed by atoms with Crippen LogP contribution in [0.15, 0.2) is 43.1 Å². The first kappa shape index (κ1) is 17.4. The van der Waals surface area contributed by atoms with Crippen molar-refractivity contribution in [2.24, 2.45) is 5.92 Å². The molecular formula is C19H21N3O2S. The number of carbonyl (C=O) groups is 2. The lowest BCUT2D eigenvalue weighted by Crippen LogP contribution is -2.40. The number of rotatable bonds is 4. The molecule has 25 heavy (non-hydrogen) atoms. The third kappa shape index (κ3) is 3.96. The second-order valence-electron chi connectivity index (χ2n) is 6.14. The van der Waals surface area contributed by atoms with Crippen molar-refractivity contribution in [1.82, 2.24) is 9.88 Å². The highest BCUT2D eigenvalue weighted by Crippen LogP contribution is 2.31. The number of aryl methyl sites for hydroxylation is 1. The molecule has 0 saturated carbocycles. The van der Waals surface area contributed by atoms with Crippen molar-refractivity contribution in [2.75, 3.05) is 18.4 Å². The van der Waals surface area contributed by atoms with Gasteiger partial charge in [0.1, 0.15) is 0 Å². The van der Waals surface area contributed by atoms with Crippen molar-refractivity contribution < 1.29 is 9.59 Å². The van der Waals surface area contributed by atoms with Crippen molar-refractivity contribution in [1.29, 1.82) is 0 Å². The minimum atomic E-state index is -0.0836. The average Bonchev–Trinajstić information content (AvgIpc) is 3.09. The molecule has 0 unspecified atom stereocenters. The first-order chi connectivity index (χ1) is 12.1. The van der Waals surface area contributed by atoms with Crippen molar-refractivity contribution in [3.8, 4) is 10.4 Å². The standard InChI is InChI=1S/C19H21N3O2S/c1-3-17(23)22-10-8-14(9-11-22)18(24)21-19-20-12-16(25-19)15-7-5-4-6-13(15)2/h3-7,12,14H,1,8-11H2,2H3,(H,20,21,24). The van der Waals surface area contributed by atoms with E-state index in [0.717, 1.165) is 10.4 Å². The number of benzene rings is 1. The maximum absolute atomic E-state index is 12.5. The number of carbonyl (C=O) groups excluding carboxylic acids is 2. The van der Waals surface area contributed by atoms with Crippen molar-refractivity contribution in [2.45, 2.75) is 19.8 Å².